The minimum atomic E-state index is -1.45. The second kappa shape index (κ2) is 4.41. The van der Waals surface area contributed by atoms with E-state index in [4.69, 9.17) is 4.11 Å². The van der Waals surface area contributed by atoms with Crippen LogP contribution in [0.5, 0.6) is 0 Å². The summed E-state index contributed by atoms with van der Waals surface area (Å²) in [6, 6.07) is 3.83. The van der Waals surface area contributed by atoms with Crippen LogP contribution in [0.25, 0.3) is 11.3 Å². The van der Waals surface area contributed by atoms with Crippen LogP contribution >= 0.6 is 0 Å². The molecule has 2 rings (SSSR count). The van der Waals surface area contributed by atoms with E-state index in [1.54, 1.807) is 12.3 Å². The minimum Gasteiger partial charge on any atom is -0.256 e. The van der Waals surface area contributed by atoms with Crippen molar-refractivity contribution in [3.63, 3.8) is 0 Å². The number of benzene rings is 1. The first-order valence-corrected chi connectivity index (χ1v) is 8.95. The Morgan fingerprint density at radius 2 is 1.88 bits per heavy atom. The summed E-state index contributed by atoms with van der Waals surface area (Å²) in [6.45, 7) is 6.63. The van der Waals surface area contributed by atoms with E-state index in [9.17, 15) is 4.39 Å². The molecule has 0 aliphatic heterocycles. The summed E-state index contributed by atoms with van der Waals surface area (Å²) < 4.78 is 36.2. The van der Waals surface area contributed by atoms with Gasteiger partial charge in [0.2, 0.25) is 0 Å². The fourth-order valence-electron chi connectivity index (χ4n) is 1.46. The van der Waals surface area contributed by atoms with E-state index in [0.29, 0.717) is 11.3 Å². The van der Waals surface area contributed by atoms with E-state index >= 15 is 0 Å². The van der Waals surface area contributed by atoms with Gasteiger partial charge in [0.05, 0.1) is 17.9 Å². The van der Waals surface area contributed by atoms with E-state index in [1.807, 2.05) is 6.07 Å². The molecule has 0 amide bonds. The van der Waals surface area contributed by atoms with E-state index in [0.717, 1.165) is 0 Å². The molecular weight excluding hydrogens is 229 g/mol. The van der Waals surface area contributed by atoms with Gasteiger partial charge in [0.25, 0.3) is 0 Å². The lowest BCUT2D eigenvalue weighted by Gasteiger charge is -2.16. The summed E-state index contributed by atoms with van der Waals surface area (Å²) in [4.78, 5) is 4.31. The molecule has 0 radical (unpaired) electrons. The average molecular weight is 248 g/mol. The van der Waals surface area contributed by atoms with Crippen molar-refractivity contribution in [2.75, 3.05) is 0 Å². The van der Waals surface area contributed by atoms with Crippen molar-refractivity contribution in [1.29, 1.82) is 0 Å². The van der Waals surface area contributed by atoms with E-state index < -0.39 is 19.9 Å². The molecule has 0 N–H and O–H groups in total. The number of halogens is 1. The van der Waals surface area contributed by atoms with Gasteiger partial charge in [-0.15, -0.1) is 0 Å². The second-order valence-corrected chi connectivity index (χ2v) is 10.0. The van der Waals surface area contributed by atoms with Gasteiger partial charge in [0.15, 0.2) is 0 Å². The van der Waals surface area contributed by atoms with Crippen LogP contribution in [-0.4, -0.2) is 13.1 Å². The van der Waals surface area contributed by atoms with Crippen molar-refractivity contribution >= 4 is 13.3 Å². The number of nitrogens with zero attached hydrogens (tertiary/aromatic N) is 1. The molecule has 0 saturated carbocycles. The smallest absolute Gasteiger partial charge is 0.123 e. The third-order valence-electron chi connectivity index (χ3n) is 2.56. The summed E-state index contributed by atoms with van der Waals surface area (Å²) >= 11 is 0. The van der Waals surface area contributed by atoms with Crippen LogP contribution in [0.1, 0.15) is 4.11 Å². The maximum absolute atomic E-state index is 13.4. The molecule has 0 aliphatic rings. The van der Waals surface area contributed by atoms with E-state index in [2.05, 4.69) is 24.6 Å². The fourth-order valence-corrected chi connectivity index (χ4v) is 2.50. The Hall–Kier alpha value is -1.48. The van der Waals surface area contributed by atoms with Crippen LogP contribution < -0.4 is 5.19 Å². The van der Waals surface area contributed by atoms with Gasteiger partial charge in [-0.2, -0.15) is 0 Å². The molecule has 0 saturated heterocycles. The highest BCUT2D eigenvalue weighted by Crippen LogP contribution is 2.16. The summed E-state index contributed by atoms with van der Waals surface area (Å²) in [6.07, 6.45) is 1.78. The fraction of sp³-hybridized carbons (Fsp3) is 0.214. The topological polar surface area (TPSA) is 12.9 Å². The Kier molecular flexibility index (Phi) is 2.23. The van der Waals surface area contributed by atoms with Gasteiger partial charge in [-0.1, -0.05) is 25.7 Å². The molecule has 1 heterocycles. The molecule has 3 heteroatoms. The second-order valence-electron chi connectivity index (χ2n) is 4.95. The Balaban J connectivity index is 2.53. The largest absolute Gasteiger partial charge is 0.256 e. The van der Waals surface area contributed by atoms with Crippen molar-refractivity contribution in [1.82, 2.24) is 4.98 Å². The van der Waals surface area contributed by atoms with Gasteiger partial charge in [-0.3, -0.25) is 4.98 Å². The van der Waals surface area contributed by atoms with Crippen LogP contribution in [-0.2, 0) is 0 Å². The first-order valence-electron chi connectivity index (χ1n) is 6.95. The van der Waals surface area contributed by atoms with Crippen molar-refractivity contribution in [3.05, 3.63) is 48.3 Å². The molecule has 0 bridgehead atoms. The van der Waals surface area contributed by atoms with Gasteiger partial charge in [-0.05, 0) is 35.4 Å². The van der Waals surface area contributed by atoms with Gasteiger partial charge in [0.1, 0.15) is 5.82 Å². The van der Waals surface area contributed by atoms with Crippen molar-refractivity contribution < 1.29 is 8.50 Å². The molecule has 2 aromatic rings. The molecule has 1 nitrogen and oxygen atoms in total. The van der Waals surface area contributed by atoms with Crippen LogP contribution in [0.4, 0.5) is 4.39 Å². The molecule has 1 aromatic carbocycles. The quantitative estimate of drug-likeness (QED) is 0.742. The number of aromatic nitrogens is 1. The monoisotopic (exact) mass is 248 g/mol. The molecule has 1 aromatic heterocycles. The maximum Gasteiger partial charge on any atom is 0.123 e. The highest BCUT2D eigenvalue weighted by Gasteiger charge is 2.16. The molecule has 0 spiro atoms. The Morgan fingerprint density at radius 1 is 1.12 bits per heavy atom. The first-order chi connectivity index (χ1) is 9.21. The number of hydrogen-bond acceptors (Lipinski definition) is 1. The molecule has 0 atom stereocenters. The van der Waals surface area contributed by atoms with E-state index in [1.165, 1.54) is 11.3 Å². The molecule has 0 fully saturated rings. The van der Waals surface area contributed by atoms with Crippen LogP contribution in [0.15, 0.2) is 42.5 Å². The number of rotatable bonds is 2. The lowest BCUT2D eigenvalue weighted by Crippen LogP contribution is -2.37. The van der Waals surface area contributed by atoms with Gasteiger partial charge in [0, 0.05) is 11.8 Å². The van der Waals surface area contributed by atoms with Crippen molar-refractivity contribution in [3.8, 4) is 11.3 Å². The zero-order chi connectivity index (χ0) is 15.1. The summed E-state index contributed by atoms with van der Waals surface area (Å²) in [5.41, 5.74) is 0.822. The SMILES string of the molecule is [2H]c1cc(-c2ccc([Si](C)(C)C)cn2)c([2H])c([2H])c1F. The lowest BCUT2D eigenvalue weighted by atomic mass is 10.1. The Bertz CT molecular complexity index is 651. The average Bonchev–Trinajstić information content (AvgIpc) is 2.40. The number of pyridine rings is 1. The zero-order valence-electron chi connectivity index (χ0n) is 13.1. The van der Waals surface area contributed by atoms with Gasteiger partial charge >= 0.3 is 0 Å². The van der Waals surface area contributed by atoms with Crippen molar-refractivity contribution in [2.24, 2.45) is 0 Å². The summed E-state index contributed by atoms with van der Waals surface area (Å²) in [5.74, 6) is -0.961. The predicted octanol–water partition coefficient (Wildman–Crippen LogP) is 3.43. The maximum atomic E-state index is 13.4. The normalized spacial score (nSPS) is 14.0. The van der Waals surface area contributed by atoms with Crippen LogP contribution in [0.3, 0.4) is 0 Å². The molecule has 88 valence electrons. The Morgan fingerprint density at radius 3 is 2.47 bits per heavy atom. The minimum absolute atomic E-state index is 0.230. The van der Waals surface area contributed by atoms with Gasteiger partial charge in [-0.25, -0.2) is 4.39 Å². The summed E-state index contributed by atoms with van der Waals surface area (Å²) in [5, 5.41) is 1.19. The first kappa shape index (κ1) is 8.58. The highest BCUT2D eigenvalue weighted by atomic mass is 28.3. The molecular formula is C14H16FNSi. The van der Waals surface area contributed by atoms with Crippen molar-refractivity contribution in [2.45, 2.75) is 19.6 Å². The van der Waals surface area contributed by atoms with Gasteiger partial charge < -0.3 is 0 Å². The predicted molar refractivity (Wildman–Crippen MR) is 72.6 cm³/mol. The Labute approximate surface area is 107 Å². The van der Waals surface area contributed by atoms with Crippen LogP contribution in [0.2, 0.25) is 19.6 Å². The third-order valence-corrected chi connectivity index (χ3v) is 4.58. The standard InChI is InChI=1S/C14H16FNSi/c1-17(2,3)13-8-9-14(16-10-13)11-4-6-12(15)7-5-11/h4-10H,1-3H3/i4D,6D,7D. The molecule has 0 aliphatic carbocycles. The van der Waals surface area contributed by atoms with Crippen LogP contribution in [0, 0.1) is 5.82 Å². The zero-order valence-corrected chi connectivity index (χ0v) is 11.1. The molecule has 0 unspecified atom stereocenters. The van der Waals surface area contributed by atoms with E-state index in [-0.39, 0.29) is 12.1 Å². The lowest BCUT2D eigenvalue weighted by molar-refractivity contribution is 0.628. The third kappa shape index (κ3) is 2.80. The number of hydrogen-bond donors (Lipinski definition) is 0. The highest BCUT2D eigenvalue weighted by molar-refractivity contribution is 6.88. The molecule has 17 heavy (non-hydrogen) atoms. The summed E-state index contributed by atoms with van der Waals surface area (Å²) in [7, 11) is -1.45.